The predicted molar refractivity (Wildman–Crippen MR) is 68.6 cm³/mol. The highest BCUT2D eigenvalue weighted by Crippen LogP contribution is 2.42. The van der Waals surface area contributed by atoms with Crippen LogP contribution in [0.15, 0.2) is 18.2 Å². The van der Waals surface area contributed by atoms with E-state index in [-0.39, 0.29) is 5.38 Å². The molecule has 0 heterocycles. The van der Waals surface area contributed by atoms with Gasteiger partial charge in [0.1, 0.15) is 5.75 Å². The van der Waals surface area contributed by atoms with Crippen LogP contribution in [0.5, 0.6) is 5.75 Å². The Bertz CT molecular complexity index is 359. The minimum atomic E-state index is 0.0425. The average molecular weight is 259 g/mol. The van der Waals surface area contributed by atoms with Gasteiger partial charge in [0.15, 0.2) is 0 Å². The molecule has 0 bridgehead atoms. The predicted octanol–water partition coefficient (Wildman–Crippen LogP) is 4.82. The van der Waals surface area contributed by atoms with Gasteiger partial charge in [-0.2, -0.15) is 0 Å². The fourth-order valence-corrected chi connectivity index (χ4v) is 3.15. The summed E-state index contributed by atoms with van der Waals surface area (Å²) in [6.45, 7) is 0. The Morgan fingerprint density at radius 2 is 2.00 bits per heavy atom. The second-order valence-corrected chi connectivity index (χ2v) is 5.21. The van der Waals surface area contributed by atoms with E-state index in [9.17, 15) is 0 Å². The minimum absolute atomic E-state index is 0.0425. The molecule has 16 heavy (non-hydrogen) atoms. The summed E-state index contributed by atoms with van der Waals surface area (Å²) >= 11 is 12.7. The SMILES string of the molecule is COc1ccc(C(Cl)C2CCCC2)c(Cl)c1. The van der Waals surface area contributed by atoms with E-state index in [4.69, 9.17) is 27.9 Å². The van der Waals surface area contributed by atoms with Gasteiger partial charge in [0.2, 0.25) is 0 Å². The molecule has 3 heteroatoms. The van der Waals surface area contributed by atoms with E-state index in [1.165, 1.54) is 25.7 Å². The van der Waals surface area contributed by atoms with Crippen molar-refractivity contribution in [2.24, 2.45) is 5.92 Å². The zero-order valence-electron chi connectivity index (χ0n) is 9.38. The van der Waals surface area contributed by atoms with Crippen molar-refractivity contribution in [3.63, 3.8) is 0 Å². The zero-order chi connectivity index (χ0) is 11.5. The topological polar surface area (TPSA) is 9.23 Å². The first-order valence-electron chi connectivity index (χ1n) is 5.70. The maximum absolute atomic E-state index is 6.49. The van der Waals surface area contributed by atoms with Gasteiger partial charge >= 0.3 is 0 Å². The Balaban J connectivity index is 2.19. The van der Waals surface area contributed by atoms with E-state index in [0.29, 0.717) is 10.9 Å². The van der Waals surface area contributed by atoms with Crippen molar-refractivity contribution in [3.05, 3.63) is 28.8 Å². The van der Waals surface area contributed by atoms with E-state index in [1.807, 2.05) is 18.2 Å². The average Bonchev–Trinajstić information content (AvgIpc) is 2.81. The van der Waals surface area contributed by atoms with Gasteiger partial charge in [0.05, 0.1) is 12.5 Å². The number of hydrogen-bond donors (Lipinski definition) is 0. The molecule has 0 amide bonds. The molecule has 0 saturated heterocycles. The van der Waals surface area contributed by atoms with E-state index in [2.05, 4.69) is 0 Å². The second-order valence-electron chi connectivity index (χ2n) is 4.33. The molecule has 1 unspecified atom stereocenters. The summed E-state index contributed by atoms with van der Waals surface area (Å²) in [6.07, 6.45) is 5.02. The normalized spacial score (nSPS) is 18.7. The van der Waals surface area contributed by atoms with Gasteiger partial charge in [-0.3, -0.25) is 0 Å². The van der Waals surface area contributed by atoms with Crippen LogP contribution in [-0.4, -0.2) is 7.11 Å². The van der Waals surface area contributed by atoms with Gasteiger partial charge in [-0.25, -0.2) is 0 Å². The monoisotopic (exact) mass is 258 g/mol. The lowest BCUT2D eigenvalue weighted by Gasteiger charge is -2.18. The van der Waals surface area contributed by atoms with E-state index in [1.54, 1.807) is 7.11 Å². The number of benzene rings is 1. The van der Waals surface area contributed by atoms with Crippen LogP contribution in [0.1, 0.15) is 36.6 Å². The lowest BCUT2D eigenvalue weighted by molar-refractivity contribution is 0.414. The molecular weight excluding hydrogens is 243 g/mol. The number of alkyl halides is 1. The molecule has 0 aliphatic heterocycles. The summed E-state index contributed by atoms with van der Waals surface area (Å²) in [5.41, 5.74) is 1.04. The Kier molecular flexibility index (Phi) is 3.99. The van der Waals surface area contributed by atoms with Crippen LogP contribution < -0.4 is 4.74 Å². The molecule has 1 saturated carbocycles. The Labute approximate surface area is 107 Å². The lowest BCUT2D eigenvalue weighted by Crippen LogP contribution is -2.04. The van der Waals surface area contributed by atoms with Gasteiger partial charge in [-0.15, -0.1) is 11.6 Å². The molecule has 1 aromatic rings. The standard InChI is InChI=1S/C13H16Cl2O/c1-16-10-6-7-11(12(14)8-10)13(15)9-4-2-3-5-9/h6-9,13H,2-5H2,1H3. The van der Waals surface area contributed by atoms with Crippen LogP contribution in [0.25, 0.3) is 0 Å². The summed E-state index contributed by atoms with van der Waals surface area (Å²) in [5.74, 6) is 1.36. The third-order valence-electron chi connectivity index (χ3n) is 3.32. The summed E-state index contributed by atoms with van der Waals surface area (Å²) in [5, 5.41) is 0.757. The first kappa shape index (κ1) is 12.1. The summed E-state index contributed by atoms with van der Waals surface area (Å²) in [6, 6.07) is 5.74. The molecule has 1 aliphatic rings. The van der Waals surface area contributed by atoms with Gasteiger partial charge in [0.25, 0.3) is 0 Å². The highest BCUT2D eigenvalue weighted by Gasteiger charge is 2.26. The van der Waals surface area contributed by atoms with E-state index < -0.39 is 0 Å². The van der Waals surface area contributed by atoms with E-state index >= 15 is 0 Å². The number of ether oxygens (including phenoxy) is 1. The van der Waals surface area contributed by atoms with Gasteiger partial charge in [0, 0.05) is 5.02 Å². The summed E-state index contributed by atoms with van der Waals surface area (Å²) in [4.78, 5) is 0. The van der Waals surface area contributed by atoms with Crippen LogP contribution in [-0.2, 0) is 0 Å². The molecule has 0 spiro atoms. The van der Waals surface area contributed by atoms with E-state index in [0.717, 1.165) is 11.3 Å². The number of methoxy groups -OCH3 is 1. The summed E-state index contributed by atoms with van der Waals surface area (Å²) in [7, 11) is 1.64. The first-order chi connectivity index (χ1) is 7.72. The molecule has 1 aromatic carbocycles. The smallest absolute Gasteiger partial charge is 0.120 e. The molecule has 2 rings (SSSR count). The molecule has 1 fully saturated rings. The zero-order valence-corrected chi connectivity index (χ0v) is 10.9. The minimum Gasteiger partial charge on any atom is -0.497 e. The van der Waals surface area contributed by atoms with Crippen molar-refractivity contribution in [1.29, 1.82) is 0 Å². The molecule has 1 aliphatic carbocycles. The molecule has 88 valence electrons. The highest BCUT2D eigenvalue weighted by molar-refractivity contribution is 6.33. The molecule has 0 aromatic heterocycles. The largest absolute Gasteiger partial charge is 0.497 e. The van der Waals surface area contributed by atoms with Crippen molar-refractivity contribution in [2.45, 2.75) is 31.1 Å². The van der Waals surface area contributed by atoms with Crippen LogP contribution in [0.2, 0.25) is 5.02 Å². The quantitative estimate of drug-likeness (QED) is 0.707. The van der Waals surface area contributed by atoms with Crippen LogP contribution in [0, 0.1) is 5.92 Å². The first-order valence-corrected chi connectivity index (χ1v) is 6.51. The Morgan fingerprint density at radius 3 is 2.56 bits per heavy atom. The molecule has 0 N–H and O–H groups in total. The van der Waals surface area contributed by atoms with Crippen LogP contribution >= 0.6 is 23.2 Å². The fraction of sp³-hybridized carbons (Fsp3) is 0.538. The van der Waals surface area contributed by atoms with Crippen molar-refractivity contribution in [3.8, 4) is 5.75 Å². The number of hydrogen-bond acceptors (Lipinski definition) is 1. The number of halogens is 2. The highest BCUT2D eigenvalue weighted by atomic mass is 35.5. The maximum atomic E-state index is 6.49. The van der Waals surface area contributed by atoms with Crippen LogP contribution in [0.4, 0.5) is 0 Å². The van der Waals surface area contributed by atoms with Crippen molar-refractivity contribution >= 4 is 23.2 Å². The van der Waals surface area contributed by atoms with Crippen LogP contribution in [0.3, 0.4) is 0 Å². The third kappa shape index (κ3) is 2.46. The van der Waals surface area contributed by atoms with Crippen molar-refractivity contribution in [1.82, 2.24) is 0 Å². The van der Waals surface area contributed by atoms with Crippen molar-refractivity contribution < 1.29 is 4.74 Å². The lowest BCUT2D eigenvalue weighted by atomic mass is 9.97. The Morgan fingerprint density at radius 1 is 1.31 bits per heavy atom. The van der Waals surface area contributed by atoms with Gasteiger partial charge in [-0.05, 0) is 36.5 Å². The molecular formula is C13H16Cl2O. The second kappa shape index (κ2) is 5.29. The van der Waals surface area contributed by atoms with Gasteiger partial charge < -0.3 is 4.74 Å². The van der Waals surface area contributed by atoms with Gasteiger partial charge in [-0.1, -0.05) is 30.5 Å². The third-order valence-corrected chi connectivity index (χ3v) is 4.24. The summed E-state index contributed by atoms with van der Waals surface area (Å²) < 4.78 is 5.13. The maximum Gasteiger partial charge on any atom is 0.120 e. The number of rotatable bonds is 3. The van der Waals surface area contributed by atoms with Crippen molar-refractivity contribution in [2.75, 3.05) is 7.11 Å². The molecule has 1 atom stereocenters. The molecule has 0 radical (unpaired) electrons. The molecule has 1 nitrogen and oxygen atoms in total. The Hall–Kier alpha value is -0.400. The fourth-order valence-electron chi connectivity index (χ4n) is 2.36.